The van der Waals surface area contributed by atoms with Crippen LogP contribution in [0.3, 0.4) is 0 Å². The second kappa shape index (κ2) is 24.7. The van der Waals surface area contributed by atoms with Gasteiger partial charge in [-0.3, -0.25) is 0 Å². The molecule has 0 nitrogen and oxygen atoms in total. The van der Waals surface area contributed by atoms with Crippen LogP contribution < -0.4 is 0 Å². The minimum absolute atomic E-state index is 0.823. The highest BCUT2D eigenvalue weighted by Crippen LogP contribution is 2.16. The molecule has 0 radical (unpaired) electrons. The molecule has 0 saturated carbocycles. The number of rotatable bonds is 21. The van der Waals surface area contributed by atoms with Gasteiger partial charge < -0.3 is 0 Å². The minimum Gasteiger partial charge on any atom is -0.0856 e. The second-order valence-corrected chi connectivity index (χ2v) is 12.9. The summed E-state index contributed by atoms with van der Waals surface area (Å²) in [4.78, 5) is 0. The summed E-state index contributed by atoms with van der Waals surface area (Å²) in [5, 5.41) is 0. The molecule has 0 atom stereocenters. The van der Waals surface area contributed by atoms with Crippen LogP contribution in [0.4, 0.5) is 0 Å². The molecule has 0 aliphatic carbocycles. The van der Waals surface area contributed by atoms with Gasteiger partial charge >= 0.3 is 0 Å². The van der Waals surface area contributed by atoms with Crippen molar-refractivity contribution >= 4 is 0 Å². The summed E-state index contributed by atoms with van der Waals surface area (Å²) in [6.07, 6.45) is 36.6. The van der Waals surface area contributed by atoms with Gasteiger partial charge in [-0.25, -0.2) is 0 Å². The minimum atomic E-state index is 0.823. The summed E-state index contributed by atoms with van der Waals surface area (Å²) in [6, 6.07) is 0. The molecule has 0 amide bonds. The summed E-state index contributed by atoms with van der Waals surface area (Å²) >= 11 is 0. The smallest absolute Gasteiger partial charge is 0.0285 e. The van der Waals surface area contributed by atoms with Gasteiger partial charge in [0.2, 0.25) is 0 Å². The van der Waals surface area contributed by atoms with Crippen molar-refractivity contribution in [3.05, 3.63) is 93.7 Å². The maximum atomic E-state index is 2.45. The quantitative estimate of drug-likeness (QED) is 0.0991. The molecule has 0 heterocycles. The van der Waals surface area contributed by atoms with E-state index in [0.29, 0.717) is 0 Å². The first-order valence-electron chi connectivity index (χ1n) is 16.2. The fourth-order valence-electron chi connectivity index (χ4n) is 4.58. The zero-order valence-electron chi connectivity index (χ0n) is 28.5. The van der Waals surface area contributed by atoms with E-state index in [1.807, 2.05) is 0 Å². The van der Waals surface area contributed by atoms with Crippen LogP contribution in [0, 0.1) is 5.92 Å². The van der Waals surface area contributed by atoms with Crippen LogP contribution in [0.1, 0.15) is 153 Å². The van der Waals surface area contributed by atoms with Gasteiger partial charge in [0.15, 0.2) is 0 Å². The molecule has 0 aromatic heterocycles. The van der Waals surface area contributed by atoms with Crippen LogP contribution in [0.5, 0.6) is 0 Å². The Morgan fingerprint density at radius 3 is 1.10 bits per heavy atom. The van der Waals surface area contributed by atoms with Gasteiger partial charge in [0.25, 0.3) is 0 Å². The highest BCUT2D eigenvalue weighted by molar-refractivity contribution is 5.19. The lowest BCUT2D eigenvalue weighted by atomic mass is 10.0. The van der Waals surface area contributed by atoms with E-state index in [1.54, 1.807) is 5.57 Å². The fraction of sp³-hybridized carbons (Fsp3) is 0.600. The highest BCUT2D eigenvalue weighted by atomic mass is 14.0. The molecule has 0 rings (SSSR count). The predicted molar refractivity (Wildman–Crippen MR) is 186 cm³/mol. The van der Waals surface area contributed by atoms with Gasteiger partial charge in [0.05, 0.1) is 0 Å². The van der Waals surface area contributed by atoms with Gasteiger partial charge in [-0.05, 0) is 138 Å². The van der Waals surface area contributed by atoms with Crippen LogP contribution in [0.25, 0.3) is 0 Å². The first-order valence-corrected chi connectivity index (χ1v) is 16.2. The summed E-state index contributed by atoms with van der Waals surface area (Å²) < 4.78 is 0. The lowest BCUT2D eigenvalue weighted by Gasteiger charge is -2.05. The summed E-state index contributed by atoms with van der Waals surface area (Å²) in [5.41, 5.74) is 10.4. The van der Waals surface area contributed by atoms with Crippen molar-refractivity contribution in [3.8, 4) is 0 Å². The van der Waals surface area contributed by atoms with E-state index < -0.39 is 0 Å². The number of hydrogen-bond donors (Lipinski definition) is 0. The standard InChI is InChI=1S/C40H66/c1-33(2)19-13-23-37(7)27-17-31-39(9)29-15-25-35(5)21-11-12-22-36(6)26-16-30-40(10)32-18-28-38(8)24-14-20-34(3)4/h11-12,19,21-22,27-30,34H,13-18,20,23-26,31-32H2,1-10H3. The maximum Gasteiger partial charge on any atom is -0.0285 e. The van der Waals surface area contributed by atoms with E-state index in [2.05, 4.69) is 124 Å². The van der Waals surface area contributed by atoms with Crippen molar-refractivity contribution in [3.63, 3.8) is 0 Å². The van der Waals surface area contributed by atoms with Gasteiger partial charge in [-0.2, -0.15) is 0 Å². The molecule has 0 N–H and O–H groups in total. The van der Waals surface area contributed by atoms with E-state index in [1.165, 1.54) is 84.8 Å². The summed E-state index contributed by atoms with van der Waals surface area (Å²) in [7, 11) is 0. The lowest BCUT2D eigenvalue weighted by molar-refractivity contribution is 0.554. The SMILES string of the molecule is CC(C)=CCCC(C)=CCCC(C)=CCCC(C)=CC=CC=C(C)CCC=C(C)CCC=C(C)CCCC(C)C. The largest absolute Gasteiger partial charge is 0.0856 e. The van der Waals surface area contributed by atoms with Gasteiger partial charge in [-0.15, -0.1) is 0 Å². The van der Waals surface area contributed by atoms with E-state index in [4.69, 9.17) is 0 Å². The Balaban J connectivity index is 4.25. The van der Waals surface area contributed by atoms with Crippen LogP contribution in [0.15, 0.2) is 93.7 Å². The topological polar surface area (TPSA) is 0 Å². The van der Waals surface area contributed by atoms with Crippen LogP contribution in [-0.4, -0.2) is 0 Å². The van der Waals surface area contributed by atoms with E-state index >= 15 is 0 Å². The van der Waals surface area contributed by atoms with Crippen molar-refractivity contribution in [1.82, 2.24) is 0 Å². The summed E-state index contributed by atoms with van der Waals surface area (Å²) in [5.74, 6) is 0.823. The van der Waals surface area contributed by atoms with Gasteiger partial charge in [0, 0.05) is 0 Å². The Labute approximate surface area is 251 Å². The Kier molecular flexibility index (Phi) is 23.4. The Morgan fingerprint density at radius 2 is 0.750 bits per heavy atom. The highest BCUT2D eigenvalue weighted by Gasteiger charge is 1.97. The Bertz CT molecular complexity index is 913. The molecule has 0 aromatic carbocycles. The van der Waals surface area contributed by atoms with Gasteiger partial charge in [0.1, 0.15) is 0 Å². The molecule has 40 heavy (non-hydrogen) atoms. The normalized spacial score (nSPS) is 14.6. The first kappa shape index (κ1) is 37.9. The van der Waals surface area contributed by atoms with Crippen LogP contribution >= 0.6 is 0 Å². The van der Waals surface area contributed by atoms with Crippen LogP contribution in [0.2, 0.25) is 0 Å². The Morgan fingerprint density at radius 1 is 0.425 bits per heavy atom. The Hall–Kier alpha value is -2.08. The van der Waals surface area contributed by atoms with Gasteiger partial charge in [-0.1, -0.05) is 114 Å². The fourth-order valence-corrected chi connectivity index (χ4v) is 4.58. The molecular weight excluding hydrogens is 480 g/mol. The molecule has 0 heteroatoms. The van der Waals surface area contributed by atoms with E-state index in [0.717, 1.165) is 38.0 Å². The third kappa shape index (κ3) is 26.2. The molecule has 0 aromatic rings. The predicted octanol–water partition coefficient (Wildman–Crippen LogP) is 13.9. The molecule has 0 bridgehead atoms. The second-order valence-electron chi connectivity index (χ2n) is 12.9. The molecular formula is C40H66. The van der Waals surface area contributed by atoms with Crippen molar-refractivity contribution < 1.29 is 0 Å². The molecule has 0 aliphatic rings. The molecule has 226 valence electrons. The molecule has 0 unspecified atom stereocenters. The zero-order chi connectivity index (χ0) is 30.2. The number of allylic oxidation sites excluding steroid dienone is 16. The van der Waals surface area contributed by atoms with Crippen molar-refractivity contribution in [1.29, 1.82) is 0 Å². The molecule has 0 spiro atoms. The summed E-state index contributed by atoms with van der Waals surface area (Å²) in [6.45, 7) is 22.6. The van der Waals surface area contributed by atoms with Crippen molar-refractivity contribution in [2.24, 2.45) is 5.92 Å². The maximum absolute atomic E-state index is 2.45. The molecule has 0 fully saturated rings. The third-order valence-electron chi connectivity index (χ3n) is 7.44. The molecule has 0 aliphatic heterocycles. The van der Waals surface area contributed by atoms with Crippen LogP contribution in [-0.2, 0) is 0 Å². The molecule has 0 saturated heterocycles. The average molecular weight is 547 g/mol. The van der Waals surface area contributed by atoms with E-state index in [-0.39, 0.29) is 0 Å². The van der Waals surface area contributed by atoms with Crippen molar-refractivity contribution in [2.45, 2.75) is 153 Å². The third-order valence-corrected chi connectivity index (χ3v) is 7.44. The van der Waals surface area contributed by atoms with E-state index in [9.17, 15) is 0 Å². The average Bonchev–Trinajstić information content (AvgIpc) is 2.86. The monoisotopic (exact) mass is 547 g/mol. The first-order chi connectivity index (χ1) is 19.0. The number of hydrogen-bond acceptors (Lipinski definition) is 0. The lowest BCUT2D eigenvalue weighted by Crippen LogP contribution is -1.88. The zero-order valence-corrected chi connectivity index (χ0v) is 28.5. The van der Waals surface area contributed by atoms with Crippen molar-refractivity contribution in [2.75, 3.05) is 0 Å².